The van der Waals surface area contributed by atoms with Crippen molar-refractivity contribution in [3.05, 3.63) is 28.4 Å². The number of H-pyrrole nitrogens is 1. The van der Waals surface area contributed by atoms with Gasteiger partial charge in [0.05, 0.1) is 18.6 Å². The number of allylic oxidation sites excluding steroid dienone is 4. The first-order valence-electron chi connectivity index (χ1n) is 5.95. The number of methoxy groups -OCH3 is 1. The summed E-state index contributed by atoms with van der Waals surface area (Å²) in [6, 6.07) is 0. The molecular weight excluding hydrogens is 262 g/mol. The van der Waals surface area contributed by atoms with Gasteiger partial charge in [0.25, 0.3) is 0 Å². The second-order valence-corrected chi connectivity index (χ2v) is 4.71. The zero-order chi connectivity index (χ0) is 13.4. The first-order valence-corrected chi connectivity index (χ1v) is 6.36. The number of ether oxygens (including phenoxy) is 1. The Balaban J connectivity index is 2.16. The van der Waals surface area contributed by atoms with Crippen molar-refractivity contribution in [2.45, 2.75) is 19.8 Å². The molecule has 0 fully saturated rings. The second-order valence-electron chi connectivity index (χ2n) is 4.32. The van der Waals surface area contributed by atoms with Gasteiger partial charge in [-0.2, -0.15) is 5.10 Å². The van der Waals surface area contributed by atoms with Crippen LogP contribution in [0.2, 0.25) is 0 Å². The summed E-state index contributed by atoms with van der Waals surface area (Å²) in [5.41, 5.74) is 3.45. The first-order chi connectivity index (χ1) is 9.19. The third kappa shape index (κ3) is 2.06. The van der Waals surface area contributed by atoms with Crippen molar-refractivity contribution >= 4 is 29.1 Å². The van der Waals surface area contributed by atoms with Gasteiger partial charge in [0.2, 0.25) is 4.77 Å². The van der Waals surface area contributed by atoms with Gasteiger partial charge >= 0.3 is 0 Å². The molecule has 1 N–H and O–H groups in total. The fourth-order valence-corrected chi connectivity index (χ4v) is 2.27. The summed E-state index contributed by atoms with van der Waals surface area (Å²) >= 11 is 5.03. The van der Waals surface area contributed by atoms with Gasteiger partial charge < -0.3 is 9.72 Å². The smallest absolute Gasteiger partial charge is 0.219 e. The van der Waals surface area contributed by atoms with Crippen LogP contribution in [-0.4, -0.2) is 32.1 Å². The molecular formula is C12H13N5OS. The molecule has 2 heterocycles. The van der Waals surface area contributed by atoms with Crippen LogP contribution in [0.4, 0.5) is 0 Å². The highest BCUT2D eigenvalue weighted by Gasteiger charge is 2.15. The normalized spacial score (nSPS) is 15.3. The zero-order valence-electron chi connectivity index (χ0n) is 10.7. The molecule has 19 heavy (non-hydrogen) atoms. The molecule has 0 bridgehead atoms. The lowest BCUT2D eigenvalue weighted by atomic mass is 10.1. The molecule has 2 aromatic heterocycles. The van der Waals surface area contributed by atoms with Gasteiger partial charge in [0.1, 0.15) is 0 Å². The van der Waals surface area contributed by atoms with E-state index in [-0.39, 0.29) is 0 Å². The van der Waals surface area contributed by atoms with E-state index in [9.17, 15) is 0 Å². The van der Waals surface area contributed by atoms with E-state index in [4.69, 9.17) is 17.0 Å². The van der Waals surface area contributed by atoms with Crippen LogP contribution in [0.15, 0.2) is 17.9 Å². The topological polar surface area (TPSA) is 68.6 Å². The maximum absolute atomic E-state index is 5.23. The van der Waals surface area contributed by atoms with Crippen molar-refractivity contribution in [1.29, 1.82) is 0 Å². The average molecular weight is 275 g/mol. The van der Waals surface area contributed by atoms with Gasteiger partial charge in [-0.15, -0.1) is 10.2 Å². The summed E-state index contributed by atoms with van der Waals surface area (Å²) in [6.45, 7) is 1.91. The number of hydrogen-bond acceptors (Lipinski definition) is 5. The summed E-state index contributed by atoms with van der Waals surface area (Å²) in [5, 5.41) is 12.5. The van der Waals surface area contributed by atoms with Crippen LogP contribution in [0.25, 0.3) is 16.9 Å². The molecule has 6 nitrogen and oxygen atoms in total. The molecule has 7 heteroatoms. The van der Waals surface area contributed by atoms with E-state index in [0.717, 1.165) is 41.2 Å². The molecule has 0 aromatic carbocycles. The van der Waals surface area contributed by atoms with Gasteiger partial charge in [-0.3, -0.25) is 0 Å². The summed E-state index contributed by atoms with van der Waals surface area (Å²) in [4.78, 5) is 3.05. The van der Waals surface area contributed by atoms with Gasteiger partial charge in [-0.1, -0.05) is 0 Å². The molecule has 0 atom stereocenters. The van der Waals surface area contributed by atoms with E-state index in [1.54, 1.807) is 7.11 Å². The number of aromatic amines is 1. The molecule has 0 aliphatic heterocycles. The average Bonchev–Trinajstić information content (AvgIpc) is 2.75. The number of aromatic nitrogens is 5. The van der Waals surface area contributed by atoms with Crippen LogP contribution in [0.5, 0.6) is 0 Å². The van der Waals surface area contributed by atoms with Gasteiger partial charge in [0, 0.05) is 12.1 Å². The quantitative estimate of drug-likeness (QED) is 0.852. The molecule has 0 radical (unpaired) electrons. The molecule has 3 rings (SSSR count). The number of aryl methyl sites for hydroxylation is 1. The number of fused-ring (bicyclic) bond motifs is 1. The van der Waals surface area contributed by atoms with E-state index in [1.165, 1.54) is 0 Å². The minimum Gasteiger partial charge on any atom is -0.501 e. The van der Waals surface area contributed by atoms with Crippen molar-refractivity contribution in [1.82, 2.24) is 25.0 Å². The maximum Gasteiger partial charge on any atom is 0.219 e. The Kier molecular flexibility index (Phi) is 2.90. The molecule has 0 spiro atoms. The highest BCUT2D eigenvalue weighted by molar-refractivity contribution is 7.71. The molecule has 2 aromatic rings. The lowest BCUT2D eigenvalue weighted by molar-refractivity contribution is 0.276. The zero-order valence-corrected chi connectivity index (χ0v) is 11.5. The summed E-state index contributed by atoms with van der Waals surface area (Å²) in [5.74, 6) is 0.977. The van der Waals surface area contributed by atoms with Crippen LogP contribution < -0.4 is 0 Å². The Labute approximate surface area is 114 Å². The van der Waals surface area contributed by atoms with Crippen LogP contribution in [0.3, 0.4) is 0 Å². The van der Waals surface area contributed by atoms with E-state index in [0.29, 0.717) is 4.77 Å². The van der Waals surface area contributed by atoms with Crippen molar-refractivity contribution < 1.29 is 4.74 Å². The maximum atomic E-state index is 5.23. The fourth-order valence-electron chi connectivity index (χ4n) is 2.13. The third-order valence-corrected chi connectivity index (χ3v) is 3.30. The highest BCUT2D eigenvalue weighted by atomic mass is 32.1. The minimum absolute atomic E-state index is 0.359. The molecule has 0 saturated heterocycles. The lowest BCUT2D eigenvalue weighted by Gasteiger charge is -2.14. The largest absolute Gasteiger partial charge is 0.501 e. The SMILES string of the molecule is COC1=CC=C(n2nc(C)c3nnc(=S)[nH]c32)CC1. The van der Waals surface area contributed by atoms with E-state index >= 15 is 0 Å². The molecule has 0 unspecified atom stereocenters. The number of hydrogen-bond donors (Lipinski definition) is 1. The summed E-state index contributed by atoms with van der Waals surface area (Å²) in [6.07, 6.45) is 5.69. The molecule has 1 aliphatic rings. The van der Waals surface area contributed by atoms with E-state index < -0.39 is 0 Å². The monoisotopic (exact) mass is 275 g/mol. The van der Waals surface area contributed by atoms with Gasteiger partial charge in [0.15, 0.2) is 11.2 Å². The van der Waals surface area contributed by atoms with Gasteiger partial charge in [-0.05, 0) is 37.7 Å². The third-order valence-electron chi connectivity index (χ3n) is 3.12. The first kappa shape index (κ1) is 12.0. The molecule has 1 aliphatic carbocycles. The van der Waals surface area contributed by atoms with Crippen molar-refractivity contribution in [2.75, 3.05) is 7.11 Å². The Morgan fingerprint density at radius 2 is 2.16 bits per heavy atom. The van der Waals surface area contributed by atoms with Crippen molar-refractivity contribution in [3.8, 4) is 0 Å². The number of rotatable bonds is 2. The van der Waals surface area contributed by atoms with E-state index in [2.05, 4.69) is 20.3 Å². The Morgan fingerprint density at radius 3 is 2.84 bits per heavy atom. The van der Waals surface area contributed by atoms with Gasteiger partial charge in [-0.25, -0.2) is 4.68 Å². The van der Waals surface area contributed by atoms with Crippen molar-refractivity contribution in [2.24, 2.45) is 0 Å². The summed E-state index contributed by atoms with van der Waals surface area (Å²) in [7, 11) is 1.69. The number of nitrogens with one attached hydrogen (secondary N) is 1. The van der Waals surface area contributed by atoms with E-state index in [1.807, 2.05) is 23.8 Å². The van der Waals surface area contributed by atoms with Crippen molar-refractivity contribution in [3.63, 3.8) is 0 Å². The Morgan fingerprint density at radius 1 is 1.32 bits per heavy atom. The molecule has 0 amide bonds. The predicted octanol–water partition coefficient (Wildman–Crippen LogP) is 2.36. The van der Waals surface area contributed by atoms with Crippen LogP contribution in [-0.2, 0) is 4.74 Å². The Bertz CT molecular complexity index is 755. The standard InChI is InChI=1S/C12H13N5OS/c1-7-10-11(13-12(19)15-14-10)17(16-7)8-3-5-9(18-2)6-4-8/h3,5H,4,6H2,1-2H3,(H,13,15,19). The van der Waals surface area contributed by atoms with Crippen LogP contribution >= 0.6 is 12.2 Å². The fraction of sp³-hybridized carbons (Fsp3) is 0.333. The second kappa shape index (κ2) is 4.58. The Hall–Kier alpha value is -2.02. The number of nitrogens with zero attached hydrogens (tertiary/aromatic N) is 4. The minimum atomic E-state index is 0.359. The van der Waals surface area contributed by atoms with Crippen LogP contribution in [0.1, 0.15) is 18.5 Å². The van der Waals surface area contributed by atoms with Crippen LogP contribution in [0, 0.1) is 11.7 Å². The predicted molar refractivity (Wildman–Crippen MR) is 73.8 cm³/mol. The molecule has 98 valence electrons. The highest BCUT2D eigenvalue weighted by Crippen LogP contribution is 2.25. The molecule has 0 saturated carbocycles. The lowest BCUT2D eigenvalue weighted by Crippen LogP contribution is -2.05. The summed E-state index contributed by atoms with van der Waals surface area (Å²) < 4.78 is 7.43.